The van der Waals surface area contributed by atoms with Crippen LogP contribution in [0.4, 0.5) is 0 Å². The Hall–Kier alpha value is -1.31. The number of hydrogen-bond donors (Lipinski definition) is 0. The first-order valence-corrected chi connectivity index (χ1v) is 6.23. The molecule has 94 valence electrons. The quantitative estimate of drug-likeness (QED) is 0.753. The molecule has 1 aromatic heterocycles. The molecule has 0 spiro atoms. The normalized spacial score (nSPS) is 11.4. The highest BCUT2D eigenvalue weighted by Gasteiger charge is 2.21. The van der Waals surface area contributed by atoms with Crippen LogP contribution in [0.15, 0.2) is 18.8 Å². The monoisotopic (exact) mass is 233 g/mol. The molecule has 0 aliphatic rings. The maximum atomic E-state index is 6.02. The Labute approximate surface area is 105 Å². The fraction of sp³-hybridized carbons (Fsp3) is 0.533. The molecule has 0 aliphatic carbocycles. The zero-order valence-electron chi connectivity index (χ0n) is 11.6. The van der Waals surface area contributed by atoms with Crippen LogP contribution in [0.2, 0.25) is 0 Å². The smallest absolute Gasteiger partial charge is 0.138 e. The highest BCUT2D eigenvalue weighted by molar-refractivity contribution is 5.61. The topological polar surface area (TPSA) is 22.1 Å². The van der Waals surface area contributed by atoms with Crippen LogP contribution in [0.1, 0.15) is 51.8 Å². The van der Waals surface area contributed by atoms with Crippen molar-refractivity contribution in [3.8, 4) is 5.75 Å². The molecule has 0 aliphatic heterocycles. The zero-order chi connectivity index (χ0) is 13.1. The SMILES string of the molecule is C=C(C)c1ncc(OC(C)(CC)CC)cc1C. The van der Waals surface area contributed by atoms with Crippen molar-refractivity contribution < 1.29 is 4.74 Å². The Morgan fingerprint density at radius 3 is 2.41 bits per heavy atom. The summed E-state index contributed by atoms with van der Waals surface area (Å²) in [5.74, 6) is 0.846. The molecule has 0 saturated heterocycles. The number of pyridine rings is 1. The van der Waals surface area contributed by atoms with E-state index in [2.05, 4.69) is 32.3 Å². The molecule has 0 unspecified atom stereocenters. The van der Waals surface area contributed by atoms with Gasteiger partial charge in [0.05, 0.1) is 11.9 Å². The van der Waals surface area contributed by atoms with Gasteiger partial charge in [-0.3, -0.25) is 4.98 Å². The van der Waals surface area contributed by atoms with Gasteiger partial charge in [-0.25, -0.2) is 0 Å². The van der Waals surface area contributed by atoms with E-state index in [9.17, 15) is 0 Å². The highest BCUT2D eigenvalue weighted by Crippen LogP contribution is 2.26. The summed E-state index contributed by atoms with van der Waals surface area (Å²) >= 11 is 0. The van der Waals surface area contributed by atoms with E-state index in [-0.39, 0.29) is 5.60 Å². The lowest BCUT2D eigenvalue weighted by Crippen LogP contribution is -2.30. The lowest BCUT2D eigenvalue weighted by atomic mass is 10.00. The van der Waals surface area contributed by atoms with Gasteiger partial charge in [-0.05, 0) is 50.8 Å². The van der Waals surface area contributed by atoms with E-state index in [1.54, 1.807) is 6.20 Å². The zero-order valence-corrected chi connectivity index (χ0v) is 11.6. The summed E-state index contributed by atoms with van der Waals surface area (Å²) in [5.41, 5.74) is 2.97. The van der Waals surface area contributed by atoms with Gasteiger partial charge < -0.3 is 4.74 Å². The van der Waals surface area contributed by atoms with Crippen LogP contribution in [-0.4, -0.2) is 10.6 Å². The standard InChI is InChI=1S/C15H23NO/c1-7-15(6,8-2)17-13-9-12(5)14(11(3)4)16-10-13/h9-10H,3,7-8H2,1-2,4-6H3. The molecule has 2 heteroatoms. The lowest BCUT2D eigenvalue weighted by molar-refractivity contribution is 0.0797. The van der Waals surface area contributed by atoms with Crippen molar-refractivity contribution in [1.82, 2.24) is 4.98 Å². The fourth-order valence-electron chi connectivity index (χ4n) is 1.73. The molecule has 1 heterocycles. The van der Waals surface area contributed by atoms with E-state index in [0.717, 1.165) is 35.4 Å². The second-order valence-electron chi connectivity index (χ2n) is 4.88. The summed E-state index contributed by atoms with van der Waals surface area (Å²) in [6.45, 7) is 14.4. The van der Waals surface area contributed by atoms with Crippen molar-refractivity contribution >= 4 is 5.57 Å². The van der Waals surface area contributed by atoms with Gasteiger partial charge in [0.2, 0.25) is 0 Å². The maximum absolute atomic E-state index is 6.02. The molecule has 0 amide bonds. The molecule has 0 bridgehead atoms. The molecular formula is C15H23NO. The van der Waals surface area contributed by atoms with Crippen molar-refractivity contribution in [2.75, 3.05) is 0 Å². The average molecular weight is 233 g/mol. The summed E-state index contributed by atoms with van der Waals surface area (Å²) in [6, 6.07) is 2.04. The van der Waals surface area contributed by atoms with Crippen LogP contribution in [0.25, 0.3) is 5.57 Å². The van der Waals surface area contributed by atoms with Crippen LogP contribution >= 0.6 is 0 Å². The maximum Gasteiger partial charge on any atom is 0.138 e. The largest absolute Gasteiger partial charge is 0.486 e. The first-order chi connectivity index (χ1) is 7.91. The van der Waals surface area contributed by atoms with Gasteiger partial charge in [-0.1, -0.05) is 20.4 Å². The predicted octanol–water partition coefficient (Wildman–Crippen LogP) is 4.38. The Morgan fingerprint density at radius 1 is 1.41 bits per heavy atom. The average Bonchev–Trinajstić information content (AvgIpc) is 2.28. The molecule has 2 nitrogen and oxygen atoms in total. The minimum atomic E-state index is -0.0984. The fourth-order valence-corrected chi connectivity index (χ4v) is 1.73. The minimum absolute atomic E-state index is 0.0984. The van der Waals surface area contributed by atoms with E-state index >= 15 is 0 Å². The number of aromatic nitrogens is 1. The van der Waals surface area contributed by atoms with Gasteiger partial charge in [0.1, 0.15) is 11.4 Å². The second kappa shape index (κ2) is 5.35. The number of nitrogens with zero attached hydrogens (tertiary/aromatic N) is 1. The molecule has 0 fully saturated rings. The van der Waals surface area contributed by atoms with Gasteiger partial charge in [0, 0.05) is 0 Å². The summed E-state index contributed by atoms with van der Waals surface area (Å²) in [6.07, 6.45) is 3.77. The third-order valence-corrected chi connectivity index (χ3v) is 3.32. The van der Waals surface area contributed by atoms with E-state index in [1.165, 1.54) is 0 Å². The van der Waals surface area contributed by atoms with Crippen molar-refractivity contribution in [1.29, 1.82) is 0 Å². The van der Waals surface area contributed by atoms with E-state index < -0.39 is 0 Å². The van der Waals surface area contributed by atoms with Crippen LogP contribution in [-0.2, 0) is 0 Å². The number of rotatable bonds is 5. The summed E-state index contributed by atoms with van der Waals surface area (Å²) in [7, 11) is 0. The molecule has 1 aromatic rings. The molecule has 17 heavy (non-hydrogen) atoms. The van der Waals surface area contributed by atoms with E-state index in [1.807, 2.05) is 19.9 Å². The summed E-state index contributed by atoms with van der Waals surface area (Å²) in [5, 5.41) is 0. The highest BCUT2D eigenvalue weighted by atomic mass is 16.5. The van der Waals surface area contributed by atoms with Gasteiger partial charge >= 0.3 is 0 Å². The van der Waals surface area contributed by atoms with Crippen molar-refractivity contribution in [2.24, 2.45) is 0 Å². The van der Waals surface area contributed by atoms with Gasteiger partial charge in [-0.15, -0.1) is 0 Å². The van der Waals surface area contributed by atoms with Gasteiger partial charge in [-0.2, -0.15) is 0 Å². The number of aryl methyl sites for hydroxylation is 1. The molecule has 0 saturated carbocycles. The third kappa shape index (κ3) is 3.32. The van der Waals surface area contributed by atoms with E-state index in [4.69, 9.17) is 4.74 Å². The Bertz CT molecular complexity index is 405. The Kier molecular flexibility index (Phi) is 4.33. The molecule has 1 rings (SSSR count). The summed E-state index contributed by atoms with van der Waals surface area (Å²) < 4.78 is 6.02. The van der Waals surface area contributed by atoms with E-state index in [0.29, 0.717) is 0 Å². The molecule has 0 N–H and O–H groups in total. The van der Waals surface area contributed by atoms with Crippen LogP contribution < -0.4 is 4.74 Å². The van der Waals surface area contributed by atoms with Crippen LogP contribution in [0.3, 0.4) is 0 Å². The van der Waals surface area contributed by atoms with Crippen molar-refractivity contribution in [2.45, 2.75) is 53.1 Å². The number of ether oxygens (including phenoxy) is 1. The van der Waals surface area contributed by atoms with Crippen molar-refractivity contribution in [3.05, 3.63) is 30.1 Å². The molecular weight excluding hydrogens is 210 g/mol. The van der Waals surface area contributed by atoms with Crippen molar-refractivity contribution in [3.63, 3.8) is 0 Å². The lowest BCUT2D eigenvalue weighted by Gasteiger charge is -2.28. The van der Waals surface area contributed by atoms with Crippen LogP contribution in [0.5, 0.6) is 5.75 Å². The summed E-state index contributed by atoms with van der Waals surface area (Å²) in [4.78, 5) is 4.41. The Balaban J connectivity index is 2.95. The first-order valence-electron chi connectivity index (χ1n) is 6.23. The second-order valence-corrected chi connectivity index (χ2v) is 4.88. The molecule has 0 atom stereocenters. The molecule has 0 radical (unpaired) electrons. The number of hydrogen-bond acceptors (Lipinski definition) is 2. The first kappa shape index (κ1) is 13.8. The minimum Gasteiger partial charge on any atom is -0.486 e. The van der Waals surface area contributed by atoms with Gasteiger partial charge in [0.25, 0.3) is 0 Å². The third-order valence-electron chi connectivity index (χ3n) is 3.32. The van der Waals surface area contributed by atoms with Gasteiger partial charge in [0.15, 0.2) is 0 Å². The Morgan fingerprint density at radius 2 is 2.00 bits per heavy atom. The predicted molar refractivity (Wildman–Crippen MR) is 73.3 cm³/mol. The number of allylic oxidation sites excluding steroid dienone is 1. The molecule has 0 aromatic carbocycles. The van der Waals surface area contributed by atoms with Crippen LogP contribution in [0, 0.1) is 6.92 Å².